The highest BCUT2D eigenvalue weighted by molar-refractivity contribution is 7.88. The Balaban J connectivity index is 1.46. The highest BCUT2D eigenvalue weighted by Crippen LogP contribution is 2.34. The molecule has 34 heavy (non-hydrogen) atoms. The maximum absolute atomic E-state index is 11.8. The fraction of sp³-hybridized carbons (Fsp3) is 0.478. The second-order valence-electron chi connectivity index (χ2n) is 8.70. The average Bonchev–Trinajstić information content (AvgIpc) is 3.26. The number of rotatable bonds is 6. The first-order chi connectivity index (χ1) is 16.4. The van der Waals surface area contributed by atoms with Crippen LogP contribution in [-0.2, 0) is 27.9 Å². The van der Waals surface area contributed by atoms with Crippen LogP contribution in [-0.4, -0.2) is 91.4 Å². The summed E-state index contributed by atoms with van der Waals surface area (Å²) in [6, 6.07) is 9.89. The van der Waals surface area contributed by atoms with Crippen molar-refractivity contribution in [1.82, 2.24) is 19.2 Å². The molecule has 0 aliphatic carbocycles. The van der Waals surface area contributed by atoms with E-state index in [4.69, 9.17) is 14.7 Å². The van der Waals surface area contributed by atoms with Crippen LogP contribution in [0.2, 0.25) is 0 Å². The number of aliphatic hydroxyl groups is 1. The topological polar surface area (TPSA) is 99.1 Å². The molecule has 2 saturated heterocycles. The van der Waals surface area contributed by atoms with Gasteiger partial charge in [0.15, 0.2) is 5.82 Å². The molecule has 1 aromatic carbocycles. The Bertz CT molecular complexity index is 1270. The first-order valence-electron chi connectivity index (χ1n) is 11.4. The lowest BCUT2D eigenvalue weighted by molar-refractivity contribution is 0.122. The van der Waals surface area contributed by atoms with E-state index < -0.39 is 10.0 Å². The Kier molecular flexibility index (Phi) is 6.83. The molecule has 4 heterocycles. The molecule has 0 spiro atoms. The molecule has 0 atom stereocenters. The number of morpholine rings is 1. The molecule has 0 saturated carbocycles. The van der Waals surface area contributed by atoms with E-state index in [1.165, 1.54) is 11.1 Å². The first-order valence-corrected chi connectivity index (χ1v) is 14.1. The predicted octanol–water partition coefficient (Wildman–Crippen LogP) is 1.76. The average molecular weight is 504 g/mol. The number of ether oxygens (including phenoxy) is 1. The maximum atomic E-state index is 11.8. The number of hydrogen-bond acceptors (Lipinski definition) is 9. The van der Waals surface area contributed by atoms with Crippen LogP contribution >= 0.6 is 11.3 Å². The van der Waals surface area contributed by atoms with Gasteiger partial charge in [0.2, 0.25) is 10.0 Å². The molecule has 0 radical (unpaired) electrons. The monoisotopic (exact) mass is 503 g/mol. The van der Waals surface area contributed by atoms with E-state index in [1.807, 2.05) is 24.3 Å². The van der Waals surface area contributed by atoms with Gasteiger partial charge in [-0.25, -0.2) is 18.4 Å². The third-order valence-electron chi connectivity index (χ3n) is 6.28. The minimum atomic E-state index is -3.14. The van der Waals surface area contributed by atoms with Crippen LogP contribution in [0, 0.1) is 0 Å². The van der Waals surface area contributed by atoms with Crippen molar-refractivity contribution in [2.24, 2.45) is 0 Å². The lowest BCUT2D eigenvalue weighted by Crippen LogP contribution is -2.47. The summed E-state index contributed by atoms with van der Waals surface area (Å²) < 4.78 is 30.7. The van der Waals surface area contributed by atoms with Gasteiger partial charge in [-0.2, -0.15) is 4.31 Å². The summed E-state index contributed by atoms with van der Waals surface area (Å²) >= 11 is 1.66. The lowest BCUT2D eigenvalue weighted by Gasteiger charge is -2.32. The van der Waals surface area contributed by atoms with Gasteiger partial charge < -0.3 is 14.7 Å². The van der Waals surface area contributed by atoms with Crippen LogP contribution in [0.1, 0.15) is 10.4 Å². The number of sulfonamides is 1. The minimum Gasteiger partial charge on any atom is -0.392 e. The fourth-order valence-electron chi connectivity index (χ4n) is 4.43. The van der Waals surface area contributed by atoms with Crippen LogP contribution in [0.15, 0.2) is 30.3 Å². The smallest absolute Gasteiger partial charge is 0.211 e. The van der Waals surface area contributed by atoms with E-state index in [9.17, 15) is 13.5 Å². The van der Waals surface area contributed by atoms with Gasteiger partial charge >= 0.3 is 0 Å². The van der Waals surface area contributed by atoms with E-state index in [1.54, 1.807) is 15.6 Å². The molecule has 2 aliphatic heterocycles. The van der Waals surface area contributed by atoms with Crippen LogP contribution in [0.3, 0.4) is 0 Å². The minimum absolute atomic E-state index is 0.0256. The van der Waals surface area contributed by atoms with Crippen molar-refractivity contribution in [3.63, 3.8) is 0 Å². The van der Waals surface area contributed by atoms with Crippen molar-refractivity contribution in [2.45, 2.75) is 13.2 Å². The Labute approximate surface area is 203 Å². The zero-order valence-corrected chi connectivity index (χ0v) is 20.8. The van der Waals surface area contributed by atoms with Crippen molar-refractivity contribution in [2.75, 3.05) is 63.6 Å². The normalized spacial score (nSPS) is 18.6. The molecule has 2 aliphatic rings. The highest BCUT2D eigenvalue weighted by Gasteiger charge is 2.25. The second kappa shape index (κ2) is 9.84. The van der Waals surface area contributed by atoms with E-state index in [2.05, 4.69) is 15.9 Å². The number of thiophene rings is 1. The zero-order chi connectivity index (χ0) is 23.7. The summed E-state index contributed by atoms with van der Waals surface area (Å²) in [4.78, 5) is 16.5. The molecule has 0 amide bonds. The van der Waals surface area contributed by atoms with E-state index in [0.717, 1.165) is 46.8 Å². The summed E-state index contributed by atoms with van der Waals surface area (Å²) in [6.45, 7) is 6.10. The van der Waals surface area contributed by atoms with Gasteiger partial charge in [-0.15, -0.1) is 11.3 Å². The number of hydrogen-bond donors (Lipinski definition) is 1. The van der Waals surface area contributed by atoms with Crippen LogP contribution < -0.4 is 4.90 Å². The maximum Gasteiger partial charge on any atom is 0.211 e. The molecule has 2 fully saturated rings. The van der Waals surface area contributed by atoms with Gasteiger partial charge in [-0.05, 0) is 17.7 Å². The van der Waals surface area contributed by atoms with Crippen molar-refractivity contribution < 1.29 is 18.3 Å². The molecule has 1 N–H and O–H groups in total. The molecule has 2 aromatic heterocycles. The number of fused-ring (bicyclic) bond motifs is 1. The number of anilines is 1. The molecule has 11 heteroatoms. The van der Waals surface area contributed by atoms with Crippen molar-refractivity contribution in [3.8, 4) is 11.4 Å². The Hall–Kier alpha value is -2.15. The van der Waals surface area contributed by atoms with Crippen LogP contribution in [0.25, 0.3) is 21.6 Å². The van der Waals surface area contributed by atoms with Crippen LogP contribution in [0.5, 0.6) is 0 Å². The molecule has 9 nitrogen and oxygen atoms in total. The van der Waals surface area contributed by atoms with Gasteiger partial charge in [0.1, 0.15) is 10.6 Å². The standard InChI is InChI=1S/C23H29N5O4S2/c1-34(30,31)28-7-5-26(6-8-28)15-19-14-20-22(27-9-11-32-12-10-27)24-21(25-23(20)33-19)18-4-2-3-17(13-18)16-29/h2-4,13-14,29H,5-12,15-16H2,1H3. The molecular formula is C23H29N5O4S2. The molecule has 0 unspecified atom stereocenters. The van der Waals surface area contributed by atoms with Gasteiger partial charge in [-0.1, -0.05) is 18.2 Å². The summed E-state index contributed by atoms with van der Waals surface area (Å²) in [5, 5.41) is 10.6. The Morgan fingerprint density at radius 1 is 1.06 bits per heavy atom. The molecule has 182 valence electrons. The molecule has 3 aromatic rings. The second-order valence-corrected chi connectivity index (χ2v) is 11.8. The fourth-order valence-corrected chi connectivity index (χ4v) is 6.32. The number of aliphatic hydroxyl groups excluding tert-OH is 1. The van der Waals surface area contributed by atoms with Gasteiger partial charge in [0.25, 0.3) is 0 Å². The molecule has 5 rings (SSSR count). The van der Waals surface area contributed by atoms with E-state index in [0.29, 0.717) is 45.2 Å². The summed E-state index contributed by atoms with van der Waals surface area (Å²) in [7, 11) is -3.14. The van der Waals surface area contributed by atoms with Crippen molar-refractivity contribution >= 4 is 37.4 Å². The Morgan fingerprint density at radius 3 is 2.53 bits per heavy atom. The van der Waals surface area contributed by atoms with E-state index in [-0.39, 0.29) is 6.61 Å². The summed E-state index contributed by atoms with van der Waals surface area (Å²) in [5.74, 6) is 1.57. The largest absolute Gasteiger partial charge is 0.392 e. The number of aromatic nitrogens is 2. The third-order valence-corrected chi connectivity index (χ3v) is 8.60. The summed E-state index contributed by atoms with van der Waals surface area (Å²) in [5.41, 5.74) is 1.71. The number of piperazine rings is 1. The van der Waals surface area contributed by atoms with Crippen LogP contribution in [0.4, 0.5) is 5.82 Å². The van der Waals surface area contributed by atoms with Gasteiger partial charge in [-0.3, -0.25) is 4.90 Å². The number of nitrogens with zero attached hydrogens (tertiary/aromatic N) is 5. The van der Waals surface area contributed by atoms with Gasteiger partial charge in [0.05, 0.1) is 31.5 Å². The molecule has 0 bridgehead atoms. The SMILES string of the molecule is CS(=O)(=O)N1CCN(Cc2cc3c(N4CCOCC4)nc(-c4cccc(CO)c4)nc3s2)CC1. The summed E-state index contributed by atoms with van der Waals surface area (Å²) in [6.07, 6.45) is 1.27. The third kappa shape index (κ3) is 5.09. The zero-order valence-electron chi connectivity index (χ0n) is 19.2. The van der Waals surface area contributed by atoms with Crippen molar-refractivity contribution in [1.29, 1.82) is 0 Å². The predicted molar refractivity (Wildman–Crippen MR) is 133 cm³/mol. The first kappa shape index (κ1) is 23.6. The van der Waals surface area contributed by atoms with Gasteiger partial charge in [0, 0.05) is 56.3 Å². The highest BCUT2D eigenvalue weighted by atomic mass is 32.2. The molecular weight excluding hydrogens is 474 g/mol. The quantitative estimate of drug-likeness (QED) is 0.543. The Morgan fingerprint density at radius 2 is 1.82 bits per heavy atom. The number of benzene rings is 1. The lowest BCUT2D eigenvalue weighted by atomic mass is 10.1. The van der Waals surface area contributed by atoms with E-state index >= 15 is 0 Å². The van der Waals surface area contributed by atoms with Crippen molar-refractivity contribution in [3.05, 3.63) is 40.8 Å².